The van der Waals surface area contributed by atoms with Gasteiger partial charge in [-0.05, 0) is 98.0 Å². The third-order valence-electron chi connectivity index (χ3n) is 7.15. The molecule has 1 saturated heterocycles. The van der Waals surface area contributed by atoms with E-state index in [-0.39, 0.29) is 5.82 Å². The minimum atomic E-state index is -0.528. The van der Waals surface area contributed by atoms with Crippen molar-refractivity contribution in [1.29, 1.82) is 0 Å². The van der Waals surface area contributed by atoms with Gasteiger partial charge in [-0.1, -0.05) is 26.8 Å². The maximum atomic E-state index is 12.2. The molecule has 1 atom stereocenters. The van der Waals surface area contributed by atoms with Crippen LogP contribution in [0.25, 0.3) is 10.9 Å². The summed E-state index contributed by atoms with van der Waals surface area (Å²) in [6.07, 6.45) is 6.76. The molecular weight excluding hydrogens is 585 g/mol. The summed E-state index contributed by atoms with van der Waals surface area (Å²) in [6.45, 7) is 7.90. The van der Waals surface area contributed by atoms with E-state index < -0.39 is 5.41 Å². The molecule has 9 heteroatoms. The summed E-state index contributed by atoms with van der Waals surface area (Å²) in [5, 5.41) is 14.9. The summed E-state index contributed by atoms with van der Waals surface area (Å²) in [5.41, 5.74) is 3.72. The number of carbonyl (C=O) groups excluding carboxylic acids is 2. The van der Waals surface area contributed by atoms with Gasteiger partial charge < -0.3 is 34.8 Å². The Labute approximate surface area is 272 Å². The van der Waals surface area contributed by atoms with Crippen LogP contribution in [0.2, 0.25) is 0 Å². The molecule has 3 N–H and O–H groups in total. The van der Waals surface area contributed by atoms with Gasteiger partial charge in [0, 0.05) is 56.2 Å². The molecule has 1 aromatic heterocycles. The first kappa shape index (κ1) is 37.8. The normalized spacial score (nSPS) is 15.1. The number of pyridine rings is 1. The van der Waals surface area contributed by atoms with E-state index in [9.17, 15) is 14.0 Å². The van der Waals surface area contributed by atoms with Crippen molar-refractivity contribution in [2.24, 2.45) is 5.41 Å². The number of rotatable bonds is 8. The van der Waals surface area contributed by atoms with Crippen LogP contribution in [0, 0.1) is 11.2 Å². The Morgan fingerprint density at radius 2 is 1.54 bits per heavy atom. The van der Waals surface area contributed by atoms with Crippen LogP contribution in [0.15, 0.2) is 79.0 Å². The molecule has 2 aliphatic rings. The second kappa shape index (κ2) is 20.6. The van der Waals surface area contributed by atoms with E-state index in [1.54, 1.807) is 25.4 Å². The van der Waals surface area contributed by atoms with Gasteiger partial charge in [0.25, 0.3) is 0 Å². The van der Waals surface area contributed by atoms with E-state index in [0.717, 1.165) is 85.2 Å². The molecule has 8 nitrogen and oxygen atoms in total. The van der Waals surface area contributed by atoms with Gasteiger partial charge in [0.15, 0.2) is 0 Å². The van der Waals surface area contributed by atoms with Crippen LogP contribution in [0.5, 0.6) is 11.5 Å². The molecule has 2 fully saturated rings. The molecule has 248 valence electrons. The number of ether oxygens (including phenoxy) is 2. The predicted molar refractivity (Wildman–Crippen MR) is 184 cm³/mol. The summed E-state index contributed by atoms with van der Waals surface area (Å²) < 4.78 is 23.8. The molecule has 0 bridgehead atoms. The third kappa shape index (κ3) is 12.2. The molecule has 3 aromatic carbocycles. The summed E-state index contributed by atoms with van der Waals surface area (Å²) in [4.78, 5) is 24.3. The number of anilines is 2. The van der Waals surface area contributed by atoms with Crippen molar-refractivity contribution in [1.82, 2.24) is 4.98 Å². The number of nitrogens with one attached hydrogen (secondary N) is 2. The van der Waals surface area contributed by atoms with Gasteiger partial charge in [-0.15, -0.1) is 0 Å². The maximum absolute atomic E-state index is 12.2. The Kier molecular flexibility index (Phi) is 17.0. The van der Waals surface area contributed by atoms with Gasteiger partial charge in [0.05, 0.1) is 17.5 Å². The van der Waals surface area contributed by atoms with Gasteiger partial charge in [0.2, 0.25) is 0 Å². The smallest absolute Gasteiger partial charge is 0.138 e. The first-order valence-corrected chi connectivity index (χ1v) is 15.8. The van der Waals surface area contributed by atoms with Crippen molar-refractivity contribution in [3.05, 3.63) is 90.4 Å². The van der Waals surface area contributed by atoms with Crippen LogP contribution >= 0.6 is 0 Å². The lowest BCUT2D eigenvalue weighted by molar-refractivity contribution is -0.120. The van der Waals surface area contributed by atoms with Crippen molar-refractivity contribution >= 4 is 34.9 Å². The first-order chi connectivity index (χ1) is 22.4. The maximum Gasteiger partial charge on any atom is 0.138 e. The number of aliphatic hydroxyl groups excluding tert-OH is 1. The molecular formula is C37H48FN3O5. The Balaban J connectivity index is 0.000000273. The second-order valence-electron chi connectivity index (χ2n) is 10.5. The molecule has 0 unspecified atom stereocenters. The van der Waals surface area contributed by atoms with Crippen LogP contribution in [0.3, 0.4) is 0 Å². The van der Waals surface area contributed by atoms with Crippen molar-refractivity contribution < 1.29 is 28.6 Å². The monoisotopic (exact) mass is 633 g/mol. The summed E-state index contributed by atoms with van der Waals surface area (Å²) in [6, 6.07) is 22.5. The summed E-state index contributed by atoms with van der Waals surface area (Å²) in [5.74, 6) is 1.92. The Hall–Kier alpha value is -4.34. The molecule has 2 heterocycles. The van der Waals surface area contributed by atoms with E-state index >= 15 is 0 Å². The minimum absolute atomic E-state index is 0.200. The Bertz CT molecular complexity index is 1430. The van der Waals surface area contributed by atoms with Crippen molar-refractivity contribution in [3.8, 4) is 11.5 Å². The summed E-state index contributed by atoms with van der Waals surface area (Å²) >= 11 is 0. The van der Waals surface area contributed by atoms with E-state index in [0.29, 0.717) is 12.5 Å². The lowest BCUT2D eigenvalue weighted by Gasteiger charge is -2.12. The number of carbonyl (C=O) groups is 2. The van der Waals surface area contributed by atoms with Crippen LogP contribution in [-0.2, 0) is 14.3 Å². The SMILES string of the molecule is CC.CCCO.CNc1ccc(F)cc1.CNc1ccc(Oc2ccnc3cc([C@@H]4CCOC4)ccc23)cc1.O=CC1(C=O)CC1. The highest BCUT2D eigenvalue weighted by molar-refractivity contribution is 5.87. The fraction of sp³-hybridized carbons (Fsp3) is 0.378. The lowest BCUT2D eigenvalue weighted by atomic mass is 9.97. The van der Waals surface area contributed by atoms with Gasteiger partial charge in [-0.3, -0.25) is 4.98 Å². The average Bonchev–Trinajstić information content (AvgIpc) is 3.72. The molecule has 1 aliphatic carbocycles. The van der Waals surface area contributed by atoms with E-state index in [4.69, 9.17) is 14.6 Å². The van der Waals surface area contributed by atoms with E-state index in [1.807, 2.05) is 58.2 Å². The van der Waals surface area contributed by atoms with Gasteiger partial charge >= 0.3 is 0 Å². The number of hydrogen-bond acceptors (Lipinski definition) is 8. The highest BCUT2D eigenvalue weighted by atomic mass is 19.1. The fourth-order valence-corrected chi connectivity index (χ4v) is 4.12. The first-order valence-electron chi connectivity index (χ1n) is 15.8. The highest BCUT2D eigenvalue weighted by Gasteiger charge is 2.42. The van der Waals surface area contributed by atoms with Gasteiger partial charge in [0.1, 0.15) is 29.9 Å². The van der Waals surface area contributed by atoms with Crippen molar-refractivity contribution in [3.63, 3.8) is 0 Å². The second-order valence-corrected chi connectivity index (χ2v) is 10.5. The number of benzene rings is 3. The number of aliphatic hydroxyl groups is 1. The summed E-state index contributed by atoms with van der Waals surface area (Å²) in [7, 11) is 3.70. The number of fused-ring (bicyclic) bond motifs is 1. The number of aldehydes is 2. The molecule has 46 heavy (non-hydrogen) atoms. The van der Waals surface area contributed by atoms with Crippen molar-refractivity contribution in [2.75, 3.05) is 44.5 Å². The molecule has 4 aromatic rings. The molecule has 1 saturated carbocycles. The third-order valence-corrected chi connectivity index (χ3v) is 7.15. The topological polar surface area (TPSA) is 110 Å². The minimum Gasteiger partial charge on any atom is -0.457 e. The number of aromatic nitrogens is 1. The molecule has 6 rings (SSSR count). The van der Waals surface area contributed by atoms with Crippen LogP contribution in [0.4, 0.5) is 15.8 Å². The largest absolute Gasteiger partial charge is 0.457 e. The number of halogens is 1. The van der Waals surface area contributed by atoms with E-state index in [1.165, 1.54) is 17.7 Å². The van der Waals surface area contributed by atoms with Gasteiger partial charge in [-0.25, -0.2) is 4.39 Å². The van der Waals surface area contributed by atoms with Crippen LogP contribution in [-0.4, -0.2) is 56.6 Å². The highest BCUT2D eigenvalue weighted by Crippen LogP contribution is 2.40. The quantitative estimate of drug-likeness (QED) is 0.132. The Morgan fingerprint density at radius 1 is 0.957 bits per heavy atom. The van der Waals surface area contributed by atoms with Crippen LogP contribution < -0.4 is 15.4 Å². The number of nitrogens with zero attached hydrogens (tertiary/aromatic N) is 1. The molecule has 0 radical (unpaired) electrons. The van der Waals surface area contributed by atoms with E-state index in [2.05, 4.69) is 33.8 Å². The average molecular weight is 634 g/mol. The number of hydrogen-bond donors (Lipinski definition) is 3. The Morgan fingerprint density at radius 3 is 2.00 bits per heavy atom. The molecule has 0 spiro atoms. The van der Waals surface area contributed by atoms with Crippen LogP contribution in [0.1, 0.15) is 57.9 Å². The van der Waals surface area contributed by atoms with Gasteiger partial charge in [-0.2, -0.15) is 0 Å². The van der Waals surface area contributed by atoms with Crippen molar-refractivity contribution in [2.45, 2.75) is 52.4 Å². The molecule has 0 amide bonds. The zero-order valence-corrected chi connectivity index (χ0v) is 27.6. The standard InChI is InChI=1S/C20H20N2O2.C7H8FN.C5H6O2.C3H8O.C2H6/c1-21-16-3-5-17(6-4-16)24-20-8-10-22-19-12-14(2-7-18(19)20)15-9-11-23-13-15;1-9-7-4-2-6(8)3-5-7;6-3-5(4-7)1-2-5;1-2-3-4;1-2/h2-8,10,12,15,21H,9,11,13H2,1H3;2-5,9H,1H3;3-4H,1-2H2;4H,2-3H2,1H3;1-2H3/t15-;;;;/m1..../s1. The fourth-order valence-electron chi connectivity index (χ4n) is 4.12. The molecule has 1 aliphatic heterocycles. The zero-order valence-electron chi connectivity index (χ0n) is 27.6. The predicted octanol–water partition coefficient (Wildman–Crippen LogP) is 8.02. The lowest BCUT2D eigenvalue weighted by Crippen LogP contribution is -2.01. The zero-order chi connectivity index (χ0) is 33.8.